The number of benzene rings is 2. The van der Waals surface area contributed by atoms with Gasteiger partial charge in [-0.3, -0.25) is 5.01 Å². The molecular weight excluding hydrogens is 426 g/mol. The van der Waals surface area contributed by atoms with E-state index in [0.717, 1.165) is 42.9 Å². The van der Waals surface area contributed by atoms with Gasteiger partial charge in [0.05, 0.1) is 36.4 Å². The highest BCUT2D eigenvalue weighted by Crippen LogP contribution is 2.28. The number of hydrazine groups is 1. The van der Waals surface area contributed by atoms with Crippen LogP contribution in [-0.2, 0) is 13.1 Å². The van der Waals surface area contributed by atoms with Gasteiger partial charge in [0.25, 0.3) is 0 Å². The Hall–Kier alpha value is -3.83. The van der Waals surface area contributed by atoms with Crippen molar-refractivity contribution in [3.63, 3.8) is 0 Å². The number of hydrogen-bond donors (Lipinski definition) is 2. The van der Waals surface area contributed by atoms with Crippen LogP contribution in [0.25, 0.3) is 0 Å². The number of nitrogens with zero attached hydrogens (tertiary/aromatic N) is 5. The van der Waals surface area contributed by atoms with Crippen molar-refractivity contribution in [2.24, 2.45) is 5.73 Å². The van der Waals surface area contributed by atoms with Crippen LogP contribution in [0.3, 0.4) is 0 Å². The molecule has 1 aliphatic rings. The normalized spacial score (nSPS) is 15.4. The van der Waals surface area contributed by atoms with Crippen LogP contribution in [0.2, 0.25) is 0 Å². The number of carbonyl (C=O) groups excluding carboxylic acids is 1. The van der Waals surface area contributed by atoms with E-state index in [0.29, 0.717) is 18.7 Å². The standard InChI is InChI=1S/C26H31N7O/c1-20-4-3-5-23(14-20)30-26(2)10-12-32(13-11-26)33(25(28)34)18-24-16-29-19-31(24)17-22-8-6-21(15-27)7-9-22/h3-9,14,16,19,30H,10-13,17-18H2,1-2H3,(H2,28,34). The first kappa shape index (κ1) is 23.3. The summed E-state index contributed by atoms with van der Waals surface area (Å²) >= 11 is 0. The second-order valence-electron chi connectivity index (χ2n) is 9.23. The van der Waals surface area contributed by atoms with Gasteiger partial charge in [-0.05, 0) is 62.1 Å². The number of primary amides is 1. The fourth-order valence-electron chi connectivity index (χ4n) is 4.40. The fraction of sp³-hybridized carbons (Fsp3) is 0.346. The first-order valence-electron chi connectivity index (χ1n) is 11.5. The number of hydrogen-bond acceptors (Lipinski definition) is 5. The maximum atomic E-state index is 12.4. The Balaban J connectivity index is 1.40. The van der Waals surface area contributed by atoms with Crippen molar-refractivity contribution >= 4 is 11.7 Å². The molecule has 0 saturated carbocycles. The summed E-state index contributed by atoms with van der Waals surface area (Å²) in [5, 5.41) is 16.3. The van der Waals surface area contributed by atoms with Gasteiger partial charge in [-0.1, -0.05) is 24.3 Å². The summed E-state index contributed by atoms with van der Waals surface area (Å²) < 4.78 is 2.00. The van der Waals surface area contributed by atoms with Gasteiger partial charge in [0.1, 0.15) is 0 Å². The summed E-state index contributed by atoms with van der Waals surface area (Å²) in [6, 6.07) is 17.5. The zero-order chi connectivity index (χ0) is 24.1. The van der Waals surface area contributed by atoms with E-state index in [9.17, 15) is 4.79 Å². The predicted molar refractivity (Wildman–Crippen MR) is 132 cm³/mol. The smallest absolute Gasteiger partial charge is 0.329 e. The molecule has 3 N–H and O–H groups in total. The number of nitriles is 1. The molecule has 1 aliphatic heterocycles. The first-order chi connectivity index (χ1) is 16.3. The molecule has 8 heteroatoms. The Bertz CT molecular complexity index is 1170. The van der Waals surface area contributed by atoms with Crippen molar-refractivity contribution in [2.45, 2.75) is 45.3 Å². The minimum Gasteiger partial charge on any atom is -0.380 e. The third-order valence-corrected chi connectivity index (χ3v) is 6.45. The molecule has 4 rings (SSSR count). The number of aromatic nitrogens is 2. The minimum absolute atomic E-state index is 0.0506. The number of carbonyl (C=O) groups is 1. The van der Waals surface area contributed by atoms with E-state index < -0.39 is 6.03 Å². The number of nitrogens with one attached hydrogen (secondary N) is 1. The summed E-state index contributed by atoms with van der Waals surface area (Å²) in [7, 11) is 0. The third-order valence-electron chi connectivity index (χ3n) is 6.45. The zero-order valence-electron chi connectivity index (χ0n) is 19.7. The summed E-state index contributed by atoms with van der Waals surface area (Å²) in [6.45, 7) is 6.73. The van der Waals surface area contributed by atoms with Crippen molar-refractivity contribution in [1.29, 1.82) is 5.26 Å². The number of amides is 2. The van der Waals surface area contributed by atoms with E-state index in [1.165, 1.54) is 5.56 Å². The number of rotatable bonds is 7. The van der Waals surface area contributed by atoms with Crippen LogP contribution in [0.5, 0.6) is 0 Å². The van der Waals surface area contributed by atoms with E-state index >= 15 is 0 Å². The Morgan fingerprint density at radius 1 is 1.24 bits per heavy atom. The topological polar surface area (TPSA) is 103 Å². The Morgan fingerprint density at radius 3 is 2.62 bits per heavy atom. The highest BCUT2D eigenvalue weighted by Gasteiger charge is 2.33. The van der Waals surface area contributed by atoms with Crippen molar-refractivity contribution in [2.75, 3.05) is 18.4 Å². The molecule has 1 fully saturated rings. The molecule has 8 nitrogen and oxygen atoms in total. The molecule has 2 aromatic carbocycles. The van der Waals surface area contributed by atoms with Gasteiger partial charge in [-0.15, -0.1) is 0 Å². The van der Waals surface area contributed by atoms with Gasteiger partial charge in [0, 0.05) is 30.9 Å². The van der Waals surface area contributed by atoms with E-state index in [4.69, 9.17) is 11.0 Å². The third kappa shape index (κ3) is 5.56. The van der Waals surface area contributed by atoms with Crippen LogP contribution in [0.1, 0.15) is 42.1 Å². The van der Waals surface area contributed by atoms with E-state index in [2.05, 4.69) is 54.5 Å². The van der Waals surface area contributed by atoms with Gasteiger partial charge in [0.2, 0.25) is 0 Å². The van der Waals surface area contributed by atoms with Crippen molar-refractivity contribution in [3.8, 4) is 6.07 Å². The average molecular weight is 458 g/mol. The molecule has 0 aliphatic carbocycles. The second-order valence-corrected chi connectivity index (χ2v) is 9.23. The lowest BCUT2D eigenvalue weighted by Crippen LogP contribution is -2.56. The van der Waals surface area contributed by atoms with E-state index in [1.54, 1.807) is 29.7 Å². The SMILES string of the molecule is Cc1cccc(NC2(C)CCN(N(Cc3cncn3Cc3ccc(C#N)cc3)C(N)=O)CC2)c1. The molecule has 0 atom stereocenters. The van der Waals surface area contributed by atoms with Crippen LogP contribution in [0.15, 0.2) is 61.1 Å². The number of aryl methyl sites for hydroxylation is 1. The highest BCUT2D eigenvalue weighted by atomic mass is 16.2. The quantitative estimate of drug-likeness (QED) is 0.561. The van der Waals surface area contributed by atoms with Gasteiger partial charge >= 0.3 is 6.03 Å². The van der Waals surface area contributed by atoms with Crippen molar-refractivity contribution in [3.05, 3.63) is 83.4 Å². The van der Waals surface area contributed by atoms with Crippen molar-refractivity contribution < 1.29 is 4.79 Å². The number of piperidine rings is 1. The maximum absolute atomic E-state index is 12.4. The molecule has 2 heterocycles. The molecule has 0 bridgehead atoms. The van der Waals surface area contributed by atoms with Crippen LogP contribution in [0, 0.1) is 18.3 Å². The Labute approximate surface area is 200 Å². The fourth-order valence-corrected chi connectivity index (χ4v) is 4.40. The van der Waals surface area contributed by atoms with Gasteiger partial charge < -0.3 is 15.6 Å². The number of anilines is 1. The van der Waals surface area contributed by atoms with Gasteiger partial charge in [-0.25, -0.2) is 14.8 Å². The molecule has 1 saturated heterocycles. The van der Waals surface area contributed by atoms with Crippen LogP contribution in [0.4, 0.5) is 10.5 Å². The van der Waals surface area contributed by atoms with E-state index in [-0.39, 0.29) is 5.54 Å². The molecule has 0 radical (unpaired) electrons. The maximum Gasteiger partial charge on any atom is 0.329 e. The molecule has 34 heavy (non-hydrogen) atoms. The molecule has 2 amide bonds. The Morgan fingerprint density at radius 2 is 1.97 bits per heavy atom. The highest BCUT2D eigenvalue weighted by molar-refractivity contribution is 5.71. The monoisotopic (exact) mass is 457 g/mol. The number of imidazole rings is 1. The molecule has 3 aromatic rings. The summed E-state index contributed by atoms with van der Waals surface area (Å²) in [6.07, 6.45) is 5.29. The predicted octanol–water partition coefficient (Wildman–Crippen LogP) is 3.87. The second kappa shape index (κ2) is 9.98. The Kier molecular flexibility index (Phi) is 6.85. The summed E-state index contributed by atoms with van der Waals surface area (Å²) in [5.41, 5.74) is 10.7. The molecular formula is C26H31N7O. The molecule has 0 spiro atoms. The molecule has 176 valence electrons. The van der Waals surface area contributed by atoms with E-state index in [1.807, 2.05) is 21.7 Å². The molecule has 0 unspecified atom stereocenters. The summed E-state index contributed by atoms with van der Waals surface area (Å²) in [5.74, 6) is 0. The first-order valence-corrected chi connectivity index (χ1v) is 11.5. The largest absolute Gasteiger partial charge is 0.380 e. The lowest BCUT2D eigenvalue weighted by atomic mass is 9.89. The molecule has 1 aromatic heterocycles. The van der Waals surface area contributed by atoms with Gasteiger partial charge in [-0.2, -0.15) is 5.26 Å². The van der Waals surface area contributed by atoms with Gasteiger partial charge in [0.15, 0.2) is 0 Å². The summed E-state index contributed by atoms with van der Waals surface area (Å²) in [4.78, 5) is 16.7. The lowest BCUT2D eigenvalue weighted by Gasteiger charge is -2.44. The van der Waals surface area contributed by atoms with Crippen LogP contribution in [-0.4, -0.2) is 44.2 Å². The lowest BCUT2D eigenvalue weighted by molar-refractivity contribution is -0.0177. The zero-order valence-corrected chi connectivity index (χ0v) is 19.7. The van der Waals surface area contributed by atoms with Crippen molar-refractivity contribution in [1.82, 2.24) is 19.6 Å². The number of urea groups is 1. The minimum atomic E-state index is -0.471. The average Bonchev–Trinajstić information content (AvgIpc) is 3.25. The van der Waals surface area contributed by atoms with Crippen LogP contribution < -0.4 is 11.1 Å². The van der Waals surface area contributed by atoms with Crippen LogP contribution >= 0.6 is 0 Å². The number of nitrogens with two attached hydrogens (primary N) is 1.